The van der Waals surface area contributed by atoms with E-state index in [0.29, 0.717) is 0 Å². The maximum absolute atomic E-state index is 9.66. The summed E-state index contributed by atoms with van der Waals surface area (Å²) in [6, 6.07) is 0. The molecule has 0 atom stereocenters. The predicted molar refractivity (Wildman–Crippen MR) is 35.5 cm³/mol. The van der Waals surface area contributed by atoms with Crippen LogP contribution in [0.25, 0.3) is 0 Å². The van der Waals surface area contributed by atoms with Crippen molar-refractivity contribution in [2.75, 3.05) is 0 Å². The Hall–Kier alpha value is -0.720. The second-order valence-electron chi connectivity index (χ2n) is 1.77. The Bertz CT molecular complexity index is 214. The molecule has 0 amide bonds. The number of carboxylic acid groups (broad SMARTS) is 1. The Morgan fingerprint density at radius 3 is 1.75 bits per heavy atom. The van der Waals surface area contributed by atoms with Crippen LogP contribution in [0.5, 0.6) is 0 Å². The van der Waals surface area contributed by atoms with E-state index in [-0.39, 0.29) is 5.57 Å². The smallest absolute Gasteiger partial charge is 0.478 e. The lowest BCUT2D eigenvalue weighted by Crippen LogP contribution is -2.04. The van der Waals surface area contributed by atoms with Crippen molar-refractivity contribution in [3.63, 3.8) is 0 Å². The summed E-state index contributed by atoms with van der Waals surface area (Å²) < 4.78 is 16.7. The quantitative estimate of drug-likeness (QED) is 0.361. The molecule has 1 aliphatic heterocycles. The second-order valence-corrected chi connectivity index (χ2v) is 3.01. The molecule has 2 N–H and O–H groups in total. The Morgan fingerprint density at radius 2 is 1.75 bits per heavy atom. The van der Waals surface area contributed by atoms with Crippen LogP contribution in [0.2, 0.25) is 0 Å². The van der Waals surface area contributed by atoms with Crippen LogP contribution in [0.3, 0.4) is 0 Å². The van der Waals surface area contributed by atoms with E-state index < -0.39 is 13.8 Å². The van der Waals surface area contributed by atoms with E-state index >= 15 is 0 Å². The molecule has 70 valence electrons. The molecule has 7 nitrogen and oxygen atoms in total. The number of carboxylic acids is 1. The molecule has 0 spiro atoms. The number of hydrogen-bond acceptors (Lipinski definition) is 5. The third-order valence-electron chi connectivity index (χ3n) is 0.614. The first-order chi connectivity index (χ1) is 5.35. The zero-order valence-electron chi connectivity index (χ0n) is 6.09. The SMILES string of the molecule is C=C(C)C(=O)O.O=P1(O)OOO1. The first-order valence-electron chi connectivity index (χ1n) is 2.61. The molecule has 1 rings (SSSR count). The fraction of sp³-hybridized carbons (Fsp3) is 0.250. The van der Waals surface area contributed by atoms with Crippen molar-refractivity contribution in [3.8, 4) is 0 Å². The van der Waals surface area contributed by atoms with E-state index in [9.17, 15) is 9.36 Å². The monoisotopic (exact) mass is 198 g/mol. The minimum atomic E-state index is -3.69. The Labute approximate surface area is 67.6 Å². The fourth-order valence-corrected chi connectivity index (χ4v) is 0.247. The van der Waals surface area contributed by atoms with Gasteiger partial charge in [0.1, 0.15) is 0 Å². The molecule has 1 fully saturated rings. The summed E-state index contributed by atoms with van der Waals surface area (Å²) >= 11 is 0. The number of phosphoric acid groups is 1. The van der Waals surface area contributed by atoms with Gasteiger partial charge in [0.25, 0.3) is 0 Å². The van der Waals surface area contributed by atoms with Crippen LogP contribution in [0.15, 0.2) is 12.2 Å². The van der Waals surface area contributed by atoms with Crippen molar-refractivity contribution in [1.82, 2.24) is 0 Å². The van der Waals surface area contributed by atoms with E-state index in [4.69, 9.17) is 10.00 Å². The van der Waals surface area contributed by atoms with Crippen LogP contribution in [0.4, 0.5) is 0 Å². The summed E-state index contributed by atoms with van der Waals surface area (Å²) in [5.41, 5.74) is 0.176. The molecule has 1 saturated heterocycles. The van der Waals surface area contributed by atoms with E-state index in [2.05, 4.69) is 21.0 Å². The molecule has 12 heavy (non-hydrogen) atoms. The number of aliphatic carboxylic acids is 1. The lowest BCUT2D eigenvalue weighted by molar-refractivity contribution is -0.498. The first kappa shape index (κ1) is 11.3. The maximum atomic E-state index is 9.66. The van der Waals surface area contributed by atoms with E-state index in [1.54, 1.807) is 0 Å². The highest BCUT2D eigenvalue weighted by Gasteiger charge is 2.35. The van der Waals surface area contributed by atoms with Crippen molar-refractivity contribution < 1.29 is 33.7 Å². The van der Waals surface area contributed by atoms with Gasteiger partial charge in [-0.3, -0.25) is 4.89 Å². The standard InChI is InChI=1S/C4H6O2.HO5P/c1-3(2)4(5)6;1-6(2)4-3-5-6/h1H2,2H3,(H,5,6);(H,1,2). The first-order valence-corrected chi connectivity index (χ1v) is 4.11. The Kier molecular flexibility index (Phi) is 4.08. The minimum Gasteiger partial charge on any atom is -0.478 e. The molecule has 0 aromatic rings. The van der Waals surface area contributed by atoms with Crippen LogP contribution in [-0.4, -0.2) is 16.0 Å². The Balaban J connectivity index is 0.000000202. The topological polar surface area (TPSA) is 102 Å². The molecule has 0 aliphatic carbocycles. The van der Waals surface area contributed by atoms with Crippen LogP contribution in [0.1, 0.15) is 6.92 Å². The molecule has 0 saturated carbocycles. The average molecular weight is 198 g/mol. The van der Waals surface area contributed by atoms with Crippen LogP contribution in [0, 0.1) is 0 Å². The second kappa shape index (κ2) is 4.34. The Morgan fingerprint density at radius 1 is 1.50 bits per heavy atom. The zero-order valence-corrected chi connectivity index (χ0v) is 6.98. The van der Waals surface area contributed by atoms with Crippen molar-refractivity contribution in [2.24, 2.45) is 0 Å². The lowest BCUT2D eigenvalue weighted by Gasteiger charge is -2.13. The minimum absolute atomic E-state index is 0.176. The summed E-state index contributed by atoms with van der Waals surface area (Å²) in [6.45, 7) is 4.60. The normalized spacial score (nSPS) is 18.2. The summed E-state index contributed by atoms with van der Waals surface area (Å²) in [7, 11) is -3.69. The van der Waals surface area contributed by atoms with Gasteiger partial charge >= 0.3 is 13.8 Å². The predicted octanol–water partition coefficient (Wildman–Crippen LogP) is 0.627. The van der Waals surface area contributed by atoms with Gasteiger partial charge in [-0.05, 0) is 12.0 Å². The third kappa shape index (κ3) is 5.00. The lowest BCUT2D eigenvalue weighted by atomic mass is 10.4. The molecule has 1 heterocycles. The number of rotatable bonds is 1. The van der Waals surface area contributed by atoms with Crippen molar-refractivity contribution in [3.05, 3.63) is 12.2 Å². The average Bonchev–Trinajstić information content (AvgIpc) is 1.86. The van der Waals surface area contributed by atoms with Gasteiger partial charge < -0.3 is 5.11 Å². The zero-order chi connectivity index (χ0) is 9.78. The van der Waals surface area contributed by atoms with Crippen LogP contribution >= 0.6 is 7.82 Å². The summed E-state index contributed by atoms with van der Waals surface area (Å²) in [5, 5.41) is 11.3. The van der Waals surface area contributed by atoms with Gasteiger partial charge in [-0.2, -0.15) is 0 Å². The fourth-order valence-electron chi connectivity index (χ4n) is 0.0825. The van der Waals surface area contributed by atoms with Gasteiger partial charge in [0.2, 0.25) is 0 Å². The van der Waals surface area contributed by atoms with Gasteiger partial charge in [-0.25, -0.2) is 9.36 Å². The molecule has 8 heteroatoms. The van der Waals surface area contributed by atoms with Crippen LogP contribution < -0.4 is 0 Å². The maximum Gasteiger partial charge on any atom is 0.531 e. The largest absolute Gasteiger partial charge is 0.531 e. The summed E-state index contributed by atoms with van der Waals surface area (Å²) in [5.74, 6) is -0.935. The van der Waals surface area contributed by atoms with Crippen molar-refractivity contribution in [1.29, 1.82) is 0 Å². The molecule has 0 bridgehead atoms. The van der Waals surface area contributed by atoms with E-state index in [0.717, 1.165) is 0 Å². The highest BCUT2D eigenvalue weighted by molar-refractivity contribution is 7.47. The van der Waals surface area contributed by atoms with Crippen molar-refractivity contribution in [2.45, 2.75) is 6.92 Å². The van der Waals surface area contributed by atoms with Gasteiger partial charge in [-0.1, -0.05) is 15.9 Å². The van der Waals surface area contributed by atoms with Gasteiger partial charge in [0, 0.05) is 5.57 Å². The van der Waals surface area contributed by atoms with Crippen LogP contribution in [-0.2, 0) is 23.7 Å². The number of hydrogen-bond donors (Lipinski definition) is 2. The summed E-state index contributed by atoms with van der Waals surface area (Å²) in [6.07, 6.45) is 0. The molecule has 1 aliphatic rings. The number of carbonyl (C=O) groups is 1. The van der Waals surface area contributed by atoms with Gasteiger partial charge in [0.05, 0.1) is 0 Å². The van der Waals surface area contributed by atoms with Gasteiger partial charge in [0.15, 0.2) is 0 Å². The van der Waals surface area contributed by atoms with E-state index in [1.807, 2.05) is 0 Å². The molecular weight excluding hydrogens is 191 g/mol. The third-order valence-corrected chi connectivity index (χ3v) is 1.11. The molecule has 0 unspecified atom stereocenters. The highest BCUT2D eigenvalue weighted by Crippen LogP contribution is 2.52. The highest BCUT2D eigenvalue weighted by atomic mass is 31.2. The molecular formula is C4H7O7P. The molecule has 0 radical (unpaired) electrons. The molecule has 0 aromatic heterocycles. The summed E-state index contributed by atoms with van der Waals surface area (Å²) in [4.78, 5) is 17.5. The van der Waals surface area contributed by atoms with Gasteiger partial charge in [-0.15, -0.1) is 0 Å². The van der Waals surface area contributed by atoms with E-state index in [1.165, 1.54) is 6.92 Å². The molecule has 0 aromatic carbocycles. The van der Waals surface area contributed by atoms with Crippen molar-refractivity contribution >= 4 is 13.8 Å².